The molecule has 0 aromatic carbocycles. The van der Waals surface area contributed by atoms with Crippen LogP contribution >= 0.6 is 11.6 Å². The Labute approximate surface area is 144 Å². The summed E-state index contributed by atoms with van der Waals surface area (Å²) in [7, 11) is 0. The summed E-state index contributed by atoms with van der Waals surface area (Å²) in [5, 5.41) is 5.01. The van der Waals surface area contributed by atoms with E-state index in [1.807, 2.05) is 16.6 Å². The minimum atomic E-state index is 0.652. The van der Waals surface area contributed by atoms with E-state index >= 15 is 0 Å². The molecule has 8 heteroatoms. The standard InChI is InChI=1S/C16H18ClN7/c1-2-12-10-14(24-16(21-12)19-11-20-24)22-6-8-23(9-7-22)15-13(17)4-3-5-18-15/h3-5,10-11H,2,6-9H2,1H3. The van der Waals surface area contributed by atoms with Gasteiger partial charge in [0.25, 0.3) is 5.78 Å². The maximum atomic E-state index is 6.27. The van der Waals surface area contributed by atoms with Crippen molar-refractivity contribution in [3.63, 3.8) is 0 Å². The first-order valence-electron chi connectivity index (χ1n) is 8.06. The second-order valence-corrected chi connectivity index (χ2v) is 6.12. The summed E-state index contributed by atoms with van der Waals surface area (Å²) in [6.07, 6.45) is 4.21. The summed E-state index contributed by atoms with van der Waals surface area (Å²) in [4.78, 5) is 17.7. The number of aromatic nitrogens is 5. The molecule has 0 saturated carbocycles. The molecule has 3 aromatic heterocycles. The molecule has 1 aliphatic heterocycles. The van der Waals surface area contributed by atoms with Gasteiger partial charge >= 0.3 is 0 Å². The number of piperazine rings is 1. The summed E-state index contributed by atoms with van der Waals surface area (Å²) in [6.45, 7) is 5.55. The smallest absolute Gasteiger partial charge is 0.254 e. The van der Waals surface area contributed by atoms with Crippen molar-refractivity contribution >= 4 is 29.0 Å². The SMILES string of the molecule is CCc1cc(N2CCN(c3ncccc3Cl)CC2)n2ncnc2n1. The van der Waals surface area contributed by atoms with Crippen LogP contribution in [-0.4, -0.2) is 50.7 Å². The highest BCUT2D eigenvalue weighted by molar-refractivity contribution is 6.32. The average molecular weight is 344 g/mol. The molecule has 0 atom stereocenters. The van der Waals surface area contributed by atoms with E-state index in [9.17, 15) is 0 Å². The van der Waals surface area contributed by atoms with Gasteiger partial charge in [-0.2, -0.15) is 14.6 Å². The maximum Gasteiger partial charge on any atom is 0.254 e. The maximum absolute atomic E-state index is 6.27. The molecule has 0 amide bonds. The van der Waals surface area contributed by atoms with Crippen LogP contribution in [0, 0.1) is 0 Å². The molecule has 0 spiro atoms. The number of anilines is 2. The monoisotopic (exact) mass is 343 g/mol. The van der Waals surface area contributed by atoms with E-state index in [4.69, 9.17) is 11.6 Å². The Morgan fingerprint density at radius 3 is 2.67 bits per heavy atom. The Morgan fingerprint density at radius 2 is 1.92 bits per heavy atom. The Balaban J connectivity index is 1.58. The van der Waals surface area contributed by atoms with Crippen molar-refractivity contribution in [2.45, 2.75) is 13.3 Å². The van der Waals surface area contributed by atoms with Crippen molar-refractivity contribution in [3.8, 4) is 0 Å². The Morgan fingerprint density at radius 1 is 1.12 bits per heavy atom. The lowest BCUT2D eigenvalue weighted by Crippen LogP contribution is -2.47. The average Bonchev–Trinajstić information content (AvgIpc) is 3.10. The number of aryl methyl sites for hydroxylation is 1. The van der Waals surface area contributed by atoms with E-state index in [1.54, 1.807) is 12.5 Å². The molecule has 0 bridgehead atoms. The summed E-state index contributed by atoms with van der Waals surface area (Å²) >= 11 is 6.27. The highest BCUT2D eigenvalue weighted by Crippen LogP contribution is 2.25. The lowest BCUT2D eigenvalue weighted by atomic mass is 10.2. The molecule has 0 radical (unpaired) electrons. The van der Waals surface area contributed by atoms with Gasteiger partial charge in [0.2, 0.25) is 0 Å². The first kappa shape index (κ1) is 15.1. The van der Waals surface area contributed by atoms with Gasteiger partial charge in [-0.05, 0) is 18.6 Å². The van der Waals surface area contributed by atoms with Crippen LogP contribution in [-0.2, 0) is 6.42 Å². The van der Waals surface area contributed by atoms with Gasteiger partial charge < -0.3 is 9.80 Å². The Hall–Kier alpha value is -2.41. The summed E-state index contributed by atoms with van der Waals surface area (Å²) < 4.78 is 1.81. The molecule has 24 heavy (non-hydrogen) atoms. The fourth-order valence-electron chi connectivity index (χ4n) is 3.01. The van der Waals surface area contributed by atoms with Crippen LogP contribution in [0.4, 0.5) is 11.6 Å². The largest absolute Gasteiger partial charge is 0.353 e. The lowest BCUT2D eigenvalue weighted by Gasteiger charge is -2.36. The molecule has 3 aromatic rings. The fraction of sp³-hybridized carbons (Fsp3) is 0.375. The van der Waals surface area contributed by atoms with Crippen LogP contribution in [0.5, 0.6) is 0 Å². The van der Waals surface area contributed by atoms with Gasteiger partial charge in [-0.1, -0.05) is 18.5 Å². The third-order valence-electron chi connectivity index (χ3n) is 4.29. The predicted molar refractivity (Wildman–Crippen MR) is 93.8 cm³/mol. The molecule has 0 unspecified atom stereocenters. The molecule has 124 valence electrons. The van der Waals surface area contributed by atoms with Crippen molar-refractivity contribution < 1.29 is 0 Å². The van der Waals surface area contributed by atoms with Gasteiger partial charge in [-0.25, -0.2) is 9.97 Å². The number of hydrogen-bond acceptors (Lipinski definition) is 6. The van der Waals surface area contributed by atoms with Crippen LogP contribution in [0.2, 0.25) is 5.02 Å². The number of hydrogen-bond donors (Lipinski definition) is 0. The third kappa shape index (κ3) is 2.65. The zero-order valence-corrected chi connectivity index (χ0v) is 14.2. The molecule has 1 saturated heterocycles. The number of pyridine rings is 1. The third-order valence-corrected chi connectivity index (χ3v) is 4.59. The molecule has 1 fully saturated rings. The summed E-state index contributed by atoms with van der Waals surface area (Å²) in [5.74, 6) is 2.55. The highest BCUT2D eigenvalue weighted by atomic mass is 35.5. The minimum Gasteiger partial charge on any atom is -0.353 e. The van der Waals surface area contributed by atoms with Crippen LogP contribution in [0.25, 0.3) is 5.78 Å². The van der Waals surface area contributed by atoms with Gasteiger partial charge in [0.05, 0.1) is 5.02 Å². The first-order chi connectivity index (χ1) is 11.8. The Bertz CT molecular complexity index is 855. The molecule has 1 aliphatic rings. The van der Waals surface area contributed by atoms with E-state index < -0.39 is 0 Å². The molecular weight excluding hydrogens is 326 g/mol. The van der Waals surface area contributed by atoms with Crippen molar-refractivity contribution in [1.29, 1.82) is 0 Å². The number of fused-ring (bicyclic) bond motifs is 1. The predicted octanol–water partition coefficient (Wildman–Crippen LogP) is 2.06. The molecule has 7 nitrogen and oxygen atoms in total. The lowest BCUT2D eigenvalue weighted by molar-refractivity contribution is 0.633. The van der Waals surface area contributed by atoms with E-state index in [1.165, 1.54) is 0 Å². The van der Waals surface area contributed by atoms with Gasteiger partial charge in [-0.3, -0.25) is 0 Å². The van der Waals surface area contributed by atoms with Gasteiger partial charge in [0, 0.05) is 44.1 Å². The molecule has 0 aliphatic carbocycles. The number of halogens is 1. The van der Waals surface area contributed by atoms with E-state index in [-0.39, 0.29) is 0 Å². The van der Waals surface area contributed by atoms with Crippen LogP contribution in [0.15, 0.2) is 30.7 Å². The van der Waals surface area contributed by atoms with E-state index in [0.29, 0.717) is 10.8 Å². The van der Waals surface area contributed by atoms with E-state index in [2.05, 4.69) is 42.8 Å². The van der Waals surface area contributed by atoms with Gasteiger partial charge in [0.1, 0.15) is 18.0 Å². The van der Waals surface area contributed by atoms with E-state index in [0.717, 1.165) is 49.9 Å². The van der Waals surface area contributed by atoms with Crippen molar-refractivity contribution in [3.05, 3.63) is 41.4 Å². The number of nitrogens with zero attached hydrogens (tertiary/aromatic N) is 7. The van der Waals surface area contributed by atoms with Crippen molar-refractivity contribution in [2.75, 3.05) is 36.0 Å². The second-order valence-electron chi connectivity index (χ2n) is 5.71. The second kappa shape index (κ2) is 6.24. The van der Waals surface area contributed by atoms with Crippen LogP contribution in [0.1, 0.15) is 12.6 Å². The normalized spacial score (nSPS) is 15.2. The fourth-order valence-corrected chi connectivity index (χ4v) is 3.25. The molecule has 4 heterocycles. The highest BCUT2D eigenvalue weighted by Gasteiger charge is 2.22. The quantitative estimate of drug-likeness (QED) is 0.725. The Kier molecular flexibility index (Phi) is 3.93. The molecule has 0 N–H and O–H groups in total. The first-order valence-corrected chi connectivity index (χ1v) is 8.44. The summed E-state index contributed by atoms with van der Waals surface area (Å²) in [6, 6.07) is 5.84. The zero-order valence-electron chi connectivity index (χ0n) is 13.4. The minimum absolute atomic E-state index is 0.652. The van der Waals surface area contributed by atoms with Crippen molar-refractivity contribution in [2.24, 2.45) is 0 Å². The van der Waals surface area contributed by atoms with Crippen LogP contribution in [0.3, 0.4) is 0 Å². The molecule has 4 rings (SSSR count). The van der Waals surface area contributed by atoms with Gasteiger partial charge in [0.15, 0.2) is 0 Å². The molecular formula is C16H18ClN7. The summed E-state index contributed by atoms with van der Waals surface area (Å²) in [5.41, 5.74) is 1.03. The number of rotatable bonds is 3. The van der Waals surface area contributed by atoms with Gasteiger partial charge in [-0.15, -0.1) is 0 Å². The zero-order chi connectivity index (χ0) is 16.5. The van der Waals surface area contributed by atoms with Crippen molar-refractivity contribution in [1.82, 2.24) is 24.6 Å². The topological polar surface area (TPSA) is 62.5 Å². The van der Waals surface area contributed by atoms with Crippen LogP contribution < -0.4 is 9.80 Å².